The molecule has 0 atom stereocenters. The molecule has 0 saturated heterocycles. The van der Waals surface area contributed by atoms with Gasteiger partial charge in [-0.3, -0.25) is 0 Å². The van der Waals surface area contributed by atoms with Crippen LogP contribution in [-0.2, 0) is 0 Å². The molecule has 0 radical (unpaired) electrons. The van der Waals surface area contributed by atoms with Gasteiger partial charge in [0.25, 0.3) is 0 Å². The van der Waals surface area contributed by atoms with Gasteiger partial charge in [0.1, 0.15) is 0 Å². The Kier molecular flexibility index (Phi) is 2.79. The SMILES string of the molecule is c1cc2ccc3c[c+]4c5cc6cccc7cc8cc[cH-]c9cc(c%10ccc%11cc(c1)c2c3c%11c%104)c5c(c76)c89. The smallest absolute Gasteiger partial charge is 0.0813 e. The zero-order valence-corrected chi connectivity index (χ0v) is 20.4. The fourth-order valence-corrected chi connectivity index (χ4v) is 8.13. The van der Waals surface area contributed by atoms with Crippen LogP contribution in [0.5, 0.6) is 0 Å². The van der Waals surface area contributed by atoms with Crippen LogP contribution >= 0.6 is 0 Å². The highest BCUT2D eigenvalue weighted by molar-refractivity contribution is 6.47. The maximum Gasteiger partial charge on any atom is 0.0813 e. The third kappa shape index (κ3) is 1.85. The molecule has 0 heterocycles. The normalized spacial score (nSPS) is 13.3. The summed E-state index contributed by atoms with van der Waals surface area (Å²) >= 11 is 0. The highest BCUT2D eigenvalue weighted by atomic mass is 14.2. The molecule has 0 aliphatic heterocycles. The van der Waals surface area contributed by atoms with E-state index < -0.39 is 0 Å². The molecule has 0 heteroatoms. The summed E-state index contributed by atoms with van der Waals surface area (Å²) in [6, 6.07) is 41.9. The molecular formula is C38H18. The van der Waals surface area contributed by atoms with Crippen molar-refractivity contribution in [3.8, 4) is 0 Å². The van der Waals surface area contributed by atoms with E-state index in [0.717, 1.165) is 0 Å². The van der Waals surface area contributed by atoms with Crippen LogP contribution in [0, 0.1) is 0 Å². The molecule has 0 N–H and O–H groups in total. The molecule has 38 heavy (non-hydrogen) atoms. The van der Waals surface area contributed by atoms with E-state index in [9.17, 15) is 0 Å². The maximum absolute atomic E-state index is 2.48. The maximum atomic E-state index is 2.48. The van der Waals surface area contributed by atoms with Crippen molar-refractivity contribution in [1.82, 2.24) is 0 Å². The van der Waals surface area contributed by atoms with Crippen LogP contribution in [0.15, 0.2) is 109 Å². The average Bonchev–Trinajstić information content (AvgIpc) is 2.96. The summed E-state index contributed by atoms with van der Waals surface area (Å²) in [5.41, 5.74) is 0. The van der Waals surface area contributed by atoms with Gasteiger partial charge in [0.05, 0.1) is 26.9 Å². The summed E-state index contributed by atoms with van der Waals surface area (Å²) in [6.45, 7) is 0. The van der Waals surface area contributed by atoms with Crippen molar-refractivity contribution in [2.75, 3.05) is 0 Å². The Morgan fingerprint density at radius 1 is 0.447 bits per heavy atom. The van der Waals surface area contributed by atoms with Crippen LogP contribution in [0.25, 0.3) is 108 Å². The van der Waals surface area contributed by atoms with Crippen molar-refractivity contribution < 1.29 is 0 Å². The molecule has 0 spiro atoms. The number of hydrogen-bond donors (Lipinski definition) is 0. The average molecular weight is 475 g/mol. The summed E-state index contributed by atoms with van der Waals surface area (Å²) in [4.78, 5) is 0. The summed E-state index contributed by atoms with van der Waals surface area (Å²) in [6.07, 6.45) is 0. The molecule has 0 fully saturated rings. The summed E-state index contributed by atoms with van der Waals surface area (Å²) in [5, 5.41) is 27.5. The summed E-state index contributed by atoms with van der Waals surface area (Å²) < 4.78 is 0. The van der Waals surface area contributed by atoms with Crippen LogP contribution in [0.2, 0.25) is 0 Å². The van der Waals surface area contributed by atoms with Gasteiger partial charge in [-0.05, 0) is 57.9 Å². The molecule has 0 bridgehead atoms. The summed E-state index contributed by atoms with van der Waals surface area (Å²) in [7, 11) is 0. The molecule has 0 nitrogen and oxygen atoms in total. The second kappa shape index (κ2) is 5.79. The van der Waals surface area contributed by atoms with Crippen molar-refractivity contribution in [1.29, 1.82) is 0 Å². The van der Waals surface area contributed by atoms with Crippen LogP contribution < -0.4 is 0 Å². The van der Waals surface area contributed by atoms with Crippen molar-refractivity contribution in [2.24, 2.45) is 0 Å². The highest BCUT2D eigenvalue weighted by Gasteiger charge is 2.25. The Balaban J connectivity index is 1.56. The molecule has 170 valence electrons. The van der Waals surface area contributed by atoms with E-state index in [-0.39, 0.29) is 0 Å². The Hall–Kier alpha value is -4.94. The van der Waals surface area contributed by atoms with Crippen molar-refractivity contribution in [2.45, 2.75) is 0 Å². The topological polar surface area (TPSA) is 0 Å². The second-order valence-corrected chi connectivity index (χ2v) is 11.3. The van der Waals surface area contributed by atoms with Gasteiger partial charge in [-0.1, -0.05) is 47.2 Å². The molecular weight excluding hydrogens is 456 g/mol. The van der Waals surface area contributed by atoms with Gasteiger partial charge in [0.15, 0.2) is 0 Å². The highest BCUT2D eigenvalue weighted by Crippen LogP contribution is 2.51. The zero-order valence-electron chi connectivity index (χ0n) is 20.4. The third-order valence-electron chi connectivity index (χ3n) is 9.52. The van der Waals surface area contributed by atoms with Crippen molar-refractivity contribution in [3.63, 3.8) is 0 Å². The van der Waals surface area contributed by atoms with Gasteiger partial charge >= 0.3 is 0 Å². The Bertz CT molecular complexity index is 2730. The summed E-state index contributed by atoms with van der Waals surface area (Å²) in [5.74, 6) is 0. The minimum absolute atomic E-state index is 1.33. The van der Waals surface area contributed by atoms with E-state index >= 15 is 0 Å². The van der Waals surface area contributed by atoms with Crippen LogP contribution in [0.1, 0.15) is 0 Å². The van der Waals surface area contributed by atoms with Gasteiger partial charge in [-0.15, -0.1) is 29.7 Å². The standard InChI is InChI=1S/C38H18/c1-4-19-10-11-26-18-29-30-17-24-9-3-7-22-14-21-6-2-8-23-16-28(37(30)38(32(21)23)33(22)24)27-13-12-25-15-20(5-1)31(19)34(26)35(25)36(27)29/h1-18H. The first-order valence-electron chi connectivity index (χ1n) is 13.4. The van der Waals surface area contributed by atoms with Crippen LogP contribution in [-0.4, -0.2) is 0 Å². The Morgan fingerprint density at radius 3 is 2.00 bits per heavy atom. The molecule has 11 rings (SSSR count). The van der Waals surface area contributed by atoms with E-state index in [1.54, 1.807) is 0 Å². The van der Waals surface area contributed by atoms with Gasteiger partial charge in [-0.25, -0.2) is 0 Å². The molecule has 0 saturated carbocycles. The number of rotatable bonds is 0. The predicted molar refractivity (Wildman–Crippen MR) is 166 cm³/mol. The lowest BCUT2D eigenvalue weighted by Gasteiger charge is -2.21. The third-order valence-corrected chi connectivity index (χ3v) is 9.52. The van der Waals surface area contributed by atoms with Crippen molar-refractivity contribution in [3.05, 3.63) is 109 Å². The minimum atomic E-state index is 1.33. The molecule has 0 unspecified atom stereocenters. The minimum Gasteiger partial charge on any atom is -0.145 e. The van der Waals surface area contributed by atoms with Crippen LogP contribution in [0.3, 0.4) is 0 Å². The van der Waals surface area contributed by atoms with Gasteiger partial charge < -0.3 is 0 Å². The Labute approximate surface area is 216 Å². The first kappa shape index (κ1) is 18.3. The van der Waals surface area contributed by atoms with E-state index in [4.69, 9.17) is 0 Å². The molecule has 11 aromatic rings. The lowest BCUT2D eigenvalue weighted by Crippen LogP contribution is -1.94. The Morgan fingerprint density at radius 2 is 1.13 bits per heavy atom. The van der Waals surface area contributed by atoms with E-state index in [1.165, 1.54) is 108 Å². The van der Waals surface area contributed by atoms with E-state index in [0.29, 0.717) is 0 Å². The van der Waals surface area contributed by atoms with Crippen molar-refractivity contribution >= 4 is 108 Å². The van der Waals surface area contributed by atoms with Crippen LogP contribution in [0.4, 0.5) is 0 Å². The number of fused-ring (bicyclic) bond motifs is 2. The molecule has 0 aliphatic carbocycles. The zero-order chi connectivity index (χ0) is 24.3. The monoisotopic (exact) mass is 474 g/mol. The fraction of sp³-hybridized carbons (Fsp3) is 0. The molecule has 11 aromatic carbocycles. The lowest BCUT2D eigenvalue weighted by atomic mass is 9.80. The number of hydrogen-bond acceptors (Lipinski definition) is 0. The largest absolute Gasteiger partial charge is 0.145 e. The van der Waals surface area contributed by atoms with Gasteiger partial charge in [0.2, 0.25) is 0 Å². The number of benzene rings is 11. The van der Waals surface area contributed by atoms with Gasteiger partial charge in [0, 0.05) is 55.2 Å². The lowest BCUT2D eigenvalue weighted by molar-refractivity contribution is 1.80. The first-order chi connectivity index (χ1) is 18.8. The fourth-order valence-electron chi connectivity index (χ4n) is 8.13. The van der Waals surface area contributed by atoms with Gasteiger partial charge in [-0.2, -0.15) is 0 Å². The second-order valence-electron chi connectivity index (χ2n) is 11.3. The quantitative estimate of drug-likeness (QED) is 0.116. The predicted octanol–water partition coefficient (Wildman–Crippen LogP) is 11.0. The van der Waals surface area contributed by atoms with E-state index in [2.05, 4.69) is 109 Å². The molecule has 0 amide bonds. The van der Waals surface area contributed by atoms with E-state index in [1.807, 2.05) is 0 Å². The molecule has 0 aliphatic rings. The first-order valence-corrected chi connectivity index (χ1v) is 13.4. The molecule has 0 aromatic heterocycles.